The van der Waals surface area contributed by atoms with Crippen molar-refractivity contribution in [3.63, 3.8) is 0 Å². The first-order valence-electron chi connectivity index (χ1n) is 3.23. The molecule has 0 saturated carbocycles. The van der Waals surface area contributed by atoms with Crippen molar-refractivity contribution in [3.05, 3.63) is 23.5 Å². The zero-order valence-corrected chi connectivity index (χ0v) is 6.31. The summed E-state index contributed by atoms with van der Waals surface area (Å²) >= 11 is 0. The zero-order chi connectivity index (χ0) is 7.28. The lowest BCUT2D eigenvalue weighted by molar-refractivity contribution is 0.423. The fourth-order valence-corrected chi connectivity index (χ4v) is 0.481. The molecule has 0 aromatic rings. The number of allylic oxidation sites excluding steroid dienone is 3. The molecule has 0 unspecified atom stereocenters. The van der Waals surface area contributed by atoms with Crippen molar-refractivity contribution in [2.45, 2.75) is 27.2 Å². The van der Waals surface area contributed by atoms with Gasteiger partial charge in [-0.2, -0.15) is 0 Å². The predicted octanol–water partition coefficient (Wildman–Crippen LogP) is 2.80. The zero-order valence-electron chi connectivity index (χ0n) is 6.31. The molecule has 1 N–H and O–H groups in total. The van der Waals surface area contributed by atoms with Gasteiger partial charge in [-0.3, -0.25) is 0 Å². The summed E-state index contributed by atoms with van der Waals surface area (Å²) in [7, 11) is 0. The van der Waals surface area contributed by atoms with Gasteiger partial charge in [-0.15, -0.1) is 0 Å². The highest BCUT2D eigenvalue weighted by Crippen LogP contribution is 2.04. The van der Waals surface area contributed by atoms with Crippen LogP contribution in [0.2, 0.25) is 0 Å². The molecule has 0 atom stereocenters. The minimum atomic E-state index is 0.403. The van der Waals surface area contributed by atoms with Gasteiger partial charge in [-0.05, 0) is 31.9 Å². The Hall–Kier alpha value is -0.720. The topological polar surface area (TPSA) is 20.2 Å². The van der Waals surface area contributed by atoms with Crippen LogP contribution in [0, 0.1) is 0 Å². The lowest BCUT2D eigenvalue weighted by atomic mass is 10.2. The number of hydrogen-bond donors (Lipinski definition) is 1. The van der Waals surface area contributed by atoms with Crippen LogP contribution in [0.5, 0.6) is 0 Å². The lowest BCUT2D eigenvalue weighted by Crippen LogP contribution is -1.80. The predicted molar refractivity (Wildman–Crippen MR) is 40.4 cm³/mol. The Morgan fingerprint density at radius 1 is 1.56 bits per heavy atom. The summed E-state index contributed by atoms with van der Waals surface area (Å²) in [4.78, 5) is 0. The van der Waals surface area contributed by atoms with Gasteiger partial charge in [-0.1, -0.05) is 13.0 Å². The highest BCUT2D eigenvalue weighted by atomic mass is 16.3. The average molecular weight is 126 g/mol. The van der Waals surface area contributed by atoms with Crippen LogP contribution in [0.15, 0.2) is 23.5 Å². The van der Waals surface area contributed by atoms with E-state index in [1.807, 2.05) is 26.8 Å². The van der Waals surface area contributed by atoms with Crippen LogP contribution in [0.4, 0.5) is 0 Å². The van der Waals surface area contributed by atoms with E-state index in [1.165, 1.54) is 0 Å². The van der Waals surface area contributed by atoms with E-state index >= 15 is 0 Å². The second-order valence-electron chi connectivity index (χ2n) is 2.02. The van der Waals surface area contributed by atoms with Crippen LogP contribution >= 0.6 is 0 Å². The Bertz CT molecular complexity index is 132. The molecule has 0 radical (unpaired) electrons. The minimum absolute atomic E-state index is 0.403. The van der Waals surface area contributed by atoms with Gasteiger partial charge in [0.1, 0.15) is 5.76 Å². The molecule has 0 aromatic heterocycles. The maximum Gasteiger partial charge on any atom is 0.114 e. The molecule has 0 aliphatic carbocycles. The van der Waals surface area contributed by atoms with E-state index in [-0.39, 0.29) is 0 Å². The maximum atomic E-state index is 9.11. The summed E-state index contributed by atoms with van der Waals surface area (Å²) in [5.74, 6) is 0.403. The minimum Gasteiger partial charge on any atom is -0.508 e. The van der Waals surface area contributed by atoms with Crippen LogP contribution in [0.25, 0.3) is 0 Å². The quantitative estimate of drug-likeness (QED) is 0.445. The Balaban J connectivity index is 4.10. The van der Waals surface area contributed by atoms with E-state index < -0.39 is 0 Å². The van der Waals surface area contributed by atoms with E-state index in [0.717, 1.165) is 12.0 Å². The average Bonchev–Trinajstić information content (AvgIpc) is 1.87. The first-order chi connectivity index (χ1) is 4.22. The summed E-state index contributed by atoms with van der Waals surface area (Å²) in [6.07, 6.45) is 4.45. The van der Waals surface area contributed by atoms with Crippen molar-refractivity contribution in [1.82, 2.24) is 0 Å². The molecule has 0 saturated heterocycles. The van der Waals surface area contributed by atoms with Crippen molar-refractivity contribution in [2.24, 2.45) is 0 Å². The molecule has 0 bridgehead atoms. The fourth-order valence-electron chi connectivity index (χ4n) is 0.481. The Morgan fingerprint density at radius 3 is 2.44 bits per heavy atom. The molecule has 0 fully saturated rings. The van der Waals surface area contributed by atoms with Crippen LogP contribution in [0.1, 0.15) is 27.2 Å². The molecule has 0 aliphatic rings. The molecular formula is C8H14O. The summed E-state index contributed by atoms with van der Waals surface area (Å²) in [5.41, 5.74) is 1.04. The van der Waals surface area contributed by atoms with Crippen LogP contribution < -0.4 is 0 Å². The van der Waals surface area contributed by atoms with Crippen molar-refractivity contribution in [1.29, 1.82) is 0 Å². The van der Waals surface area contributed by atoms with Crippen LogP contribution in [-0.2, 0) is 0 Å². The Morgan fingerprint density at radius 2 is 2.11 bits per heavy atom. The first-order valence-corrected chi connectivity index (χ1v) is 3.23. The van der Waals surface area contributed by atoms with Gasteiger partial charge in [0.05, 0.1) is 0 Å². The van der Waals surface area contributed by atoms with Crippen molar-refractivity contribution in [3.8, 4) is 0 Å². The second-order valence-corrected chi connectivity index (χ2v) is 2.02. The molecule has 1 heteroatoms. The fraction of sp³-hybridized carbons (Fsp3) is 0.500. The molecule has 0 spiro atoms. The third-order valence-corrected chi connectivity index (χ3v) is 1.29. The number of hydrogen-bond acceptors (Lipinski definition) is 1. The first kappa shape index (κ1) is 8.28. The van der Waals surface area contributed by atoms with Gasteiger partial charge in [0.2, 0.25) is 0 Å². The van der Waals surface area contributed by atoms with Crippen molar-refractivity contribution in [2.75, 3.05) is 0 Å². The summed E-state index contributed by atoms with van der Waals surface area (Å²) in [6, 6.07) is 0. The molecule has 0 aliphatic heterocycles. The molecule has 0 rings (SSSR count). The second kappa shape index (κ2) is 4.19. The van der Waals surface area contributed by atoms with E-state index in [2.05, 4.69) is 0 Å². The Labute approximate surface area is 56.7 Å². The number of rotatable bonds is 2. The standard InChI is InChI=1S/C8H14O/c1-4-6-8(9)7(3)5-2/h4,6,9H,5H2,1-3H3/b6-4?,8-7+. The van der Waals surface area contributed by atoms with E-state index in [4.69, 9.17) is 5.11 Å². The smallest absolute Gasteiger partial charge is 0.114 e. The summed E-state index contributed by atoms with van der Waals surface area (Å²) < 4.78 is 0. The van der Waals surface area contributed by atoms with Crippen molar-refractivity contribution < 1.29 is 5.11 Å². The van der Waals surface area contributed by atoms with Gasteiger partial charge in [0.15, 0.2) is 0 Å². The highest BCUT2D eigenvalue weighted by molar-refractivity contribution is 5.16. The third kappa shape index (κ3) is 2.96. The number of aliphatic hydroxyl groups is 1. The van der Waals surface area contributed by atoms with Gasteiger partial charge in [-0.25, -0.2) is 0 Å². The summed E-state index contributed by atoms with van der Waals surface area (Å²) in [5, 5.41) is 9.11. The molecule has 1 nitrogen and oxygen atoms in total. The van der Waals surface area contributed by atoms with Crippen LogP contribution in [0.3, 0.4) is 0 Å². The van der Waals surface area contributed by atoms with Gasteiger partial charge >= 0.3 is 0 Å². The molecule has 0 aromatic carbocycles. The highest BCUT2D eigenvalue weighted by Gasteiger charge is 1.89. The van der Waals surface area contributed by atoms with Gasteiger partial charge in [0, 0.05) is 0 Å². The number of aliphatic hydroxyl groups excluding tert-OH is 1. The molecular weight excluding hydrogens is 112 g/mol. The Kier molecular flexibility index (Phi) is 3.85. The molecule has 0 heterocycles. The molecule has 9 heavy (non-hydrogen) atoms. The SMILES string of the molecule is CC=C/C(O)=C(/C)CC. The maximum absolute atomic E-state index is 9.11. The van der Waals surface area contributed by atoms with E-state index in [0.29, 0.717) is 5.76 Å². The summed E-state index contributed by atoms with van der Waals surface area (Å²) in [6.45, 7) is 5.84. The van der Waals surface area contributed by atoms with E-state index in [9.17, 15) is 0 Å². The molecule has 0 amide bonds. The van der Waals surface area contributed by atoms with Crippen LogP contribution in [-0.4, -0.2) is 5.11 Å². The monoisotopic (exact) mass is 126 g/mol. The third-order valence-electron chi connectivity index (χ3n) is 1.29. The van der Waals surface area contributed by atoms with Gasteiger partial charge in [0.25, 0.3) is 0 Å². The molecule has 52 valence electrons. The van der Waals surface area contributed by atoms with Gasteiger partial charge < -0.3 is 5.11 Å². The van der Waals surface area contributed by atoms with Crippen molar-refractivity contribution >= 4 is 0 Å². The normalized spacial score (nSPS) is 14.1. The lowest BCUT2D eigenvalue weighted by Gasteiger charge is -1.95. The van der Waals surface area contributed by atoms with E-state index in [1.54, 1.807) is 6.08 Å². The largest absolute Gasteiger partial charge is 0.508 e.